The Bertz CT molecular complexity index is 529. The van der Waals surface area contributed by atoms with E-state index in [1.54, 1.807) is 0 Å². The van der Waals surface area contributed by atoms with Crippen LogP contribution in [0, 0.1) is 11.8 Å². The highest BCUT2D eigenvalue weighted by molar-refractivity contribution is 5.67. The van der Waals surface area contributed by atoms with E-state index in [1.165, 1.54) is 17.8 Å². The van der Waals surface area contributed by atoms with Gasteiger partial charge >= 0.3 is 0 Å². The number of fused-ring (bicyclic) bond motifs is 3. The minimum Gasteiger partial charge on any atom is -0.453 e. The Morgan fingerprint density at radius 3 is 3.12 bits per heavy atom. The Morgan fingerprint density at radius 1 is 1.31 bits per heavy atom. The monoisotopic (exact) mass is 211 g/mol. The third kappa shape index (κ3) is 0.967. The molecule has 2 atom stereocenters. The van der Waals surface area contributed by atoms with Crippen LogP contribution in [0.2, 0.25) is 0 Å². The van der Waals surface area contributed by atoms with Crippen molar-refractivity contribution in [2.45, 2.75) is 6.42 Å². The number of hydrogen-bond donors (Lipinski definition) is 0. The first-order valence-electron chi connectivity index (χ1n) is 5.77. The molecule has 0 saturated heterocycles. The van der Waals surface area contributed by atoms with Gasteiger partial charge in [0, 0.05) is 13.0 Å². The van der Waals surface area contributed by atoms with E-state index in [0.717, 1.165) is 17.4 Å². The highest BCUT2D eigenvalue weighted by Crippen LogP contribution is 2.53. The van der Waals surface area contributed by atoms with Crippen molar-refractivity contribution in [3.8, 4) is 5.75 Å². The van der Waals surface area contributed by atoms with Crippen LogP contribution < -0.4 is 9.64 Å². The van der Waals surface area contributed by atoms with Gasteiger partial charge in [-0.15, -0.1) is 0 Å². The predicted molar refractivity (Wildman–Crippen MR) is 63.2 cm³/mol. The summed E-state index contributed by atoms with van der Waals surface area (Å²) in [4.78, 5) is 2.29. The molecule has 3 aliphatic rings. The fourth-order valence-electron chi connectivity index (χ4n) is 2.79. The summed E-state index contributed by atoms with van der Waals surface area (Å²) >= 11 is 0. The third-order valence-electron chi connectivity index (χ3n) is 3.75. The lowest BCUT2D eigenvalue weighted by molar-refractivity contribution is 0.416. The average molecular weight is 211 g/mol. The Hall–Kier alpha value is -1.70. The van der Waals surface area contributed by atoms with Crippen LogP contribution in [0.4, 0.5) is 5.69 Å². The maximum Gasteiger partial charge on any atom is 0.151 e. The summed E-state index contributed by atoms with van der Waals surface area (Å²) in [6, 6.07) is 8.23. The van der Waals surface area contributed by atoms with Crippen molar-refractivity contribution in [3.05, 3.63) is 47.9 Å². The fraction of sp³-hybridized carbons (Fsp3) is 0.286. The number of nitrogens with zero attached hydrogens (tertiary/aromatic N) is 1. The summed E-state index contributed by atoms with van der Waals surface area (Å²) in [5, 5.41) is 0. The molecule has 0 spiro atoms. The summed E-state index contributed by atoms with van der Waals surface area (Å²) in [5.41, 5.74) is 2.55. The van der Waals surface area contributed by atoms with E-state index < -0.39 is 0 Å². The number of ether oxygens (including phenoxy) is 1. The van der Waals surface area contributed by atoms with Crippen LogP contribution >= 0.6 is 0 Å². The van der Waals surface area contributed by atoms with Crippen LogP contribution in [0.3, 0.4) is 0 Å². The molecule has 0 radical (unpaired) electrons. The normalized spacial score (nSPS) is 29.2. The lowest BCUT2D eigenvalue weighted by Gasteiger charge is -2.32. The van der Waals surface area contributed by atoms with E-state index in [2.05, 4.69) is 36.2 Å². The van der Waals surface area contributed by atoms with Gasteiger partial charge in [0.15, 0.2) is 5.75 Å². The standard InChI is InChI=1S/C14H13NO/c1-15-11-4-2-3-5-12(11)16-13-7-6-9-8-10(9)14(13)15/h2-7,9-10H,8H2,1H3. The summed E-state index contributed by atoms with van der Waals surface area (Å²) in [6.45, 7) is 0. The second kappa shape index (κ2) is 2.70. The first-order chi connectivity index (χ1) is 7.84. The Balaban J connectivity index is 1.88. The highest BCUT2D eigenvalue weighted by Gasteiger charge is 2.45. The third-order valence-corrected chi connectivity index (χ3v) is 3.75. The Labute approximate surface area is 94.8 Å². The van der Waals surface area contributed by atoms with Crippen LogP contribution in [0.15, 0.2) is 47.9 Å². The molecule has 1 aromatic carbocycles. The van der Waals surface area contributed by atoms with E-state index in [-0.39, 0.29) is 0 Å². The molecule has 80 valence electrons. The van der Waals surface area contributed by atoms with Gasteiger partial charge in [-0.05, 0) is 30.5 Å². The number of hydrogen-bond acceptors (Lipinski definition) is 2. The number of para-hydroxylation sites is 2. The molecular formula is C14H13NO. The molecular weight excluding hydrogens is 198 g/mol. The molecule has 0 bridgehead atoms. The predicted octanol–water partition coefficient (Wildman–Crippen LogP) is 2.93. The van der Waals surface area contributed by atoms with Crippen LogP contribution in [0.1, 0.15) is 6.42 Å². The van der Waals surface area contributed by atoms with E-state index in [4.69, 9.17) is 4.74 Å². The van der Waals surface area contributed by atoms with E-state index in [1.807, 2.05) is 12.1 Å². The summed E-state index contributed by atoms with van der Waals surface area (Å²) in [6.07, 6.45) is 5.70. The fourth-order valence-corrected chi connectivity index (χ4v) is 2.79. The molecule has 1 aliphatic heterocycles. The largest absolute Gasteiger partial charge is 0.453 e. The lowest BCUT2D eigenvalue weighted by atomic mass is 10.1. The molecule has 2 unspecified atom stereocenters. The van der Waals surface area contributed by atoms with Gasteiger partial charge in [-0.2, -0.15) is 0 Å². The van der Waals surface area contributed by atoms with Crippen LogP contribution in [-0.4, -0.2) is 7.05 Å². The molecule has 4 rings (SSSR count). The van der Waals surface area contributed by atoms with Gasteiger partial charge in [0.05, 0.1) is 11.4 Å². The first kappa shape index (κ1) is 8.45. The van der Waals surface area contributed by atoms with Crippen LogP contribution in [0.25, 0.3) is 0 Å². The van der Waals surface area contributed by atoms with Crippen LogP contribution in [0.5, 0.6) is 5.75 Å². The van der Waals surface area contributed by atoms with Crippen molar-refractivity contribution in [2.75, 3.05) is 11.9 Å². The molecule has 1 aromatic rings. The minimum atomic E-state index is 0.693. The average Bonchev–Trinajstić information content (AvgIpc) is 3.08. The molecule has 2 aliphatic carbocycles. The van der Waals surface area contributed by atoms with Gasteiger partial charge in [0.1, 0.15) is 5.76 Å². The lowest BCUT2D eigenvalue weighted by Crippen LogP contribution is -2.27. The topological polar surface area (TPSA) is 12.5 Å². The van der Waals surface area contributed by atoms with Gasteiger partial charge in [-0.3, -0.25) is 0 Å². The van der Waals surface area contributed by atoms with Gasteiger partial charge in [0.2, 0.25) is 0 Å². The quantitative estimate of drug-likeness (QED) is 0.654. The first-order valence-corrected chi connectivity index (χ1v) is 5.77. The van der Waals surface area contributed by atoms with E-state index in [9.17, 15) is 0 Å². The number of benzene rings is 1. The van der Waals surface area contributed by atoms with E-state index in [0.29, 0.717) is 5.92 Å². The van der Waals surface area contributed by atoms with Crippen LogP contribution in [-0.2, 0) is 0 Å². The second-order valence-corrected chi connectivity index (χ2v) is 4.74. The highest BCUT2D eigenvalue weighted by atomic mass is 16.5. The molecule has 0 aromatic heterocycles. The summed E-state index contributed by atoms with van der Waals surface area (Å²) < 4.78 is 5.95. The molecule has 1 heterocycles. The Kier molecular flexibility index (Phi) is 1.43. The van der Waals surface area contributed by atoms with Crippen molar-refractivity contribution in [3.63, 3.8) is 0 Å². The maximum absolute atomic E-state index is 5.95. The van der Waals surface area contributed by atoms with Crippen molar-refractivity contribution >= 4 is 5.69 Å². The minimum absolute atomic E-state index is 0.693. The van der Waals surface area contributed by atoms with Crippen molar-refractivity contribution in [2.24, 2.45) is 11.8 Å². The van der Waals surface area contributed by atoms with Gasteiger partial charge in [-0.1, -0.05) is 18.2 Å². The summed E-state index contributed by atoms with van der Waals surface area (Å²) in [7, 11) is 2.14. The van der Waals surface area contributed by atoms with Crippen molar-refractivity contribution < 1.29 is 4.74 Å². The van der Waals surface area contributed by atoms with Gasteiger partial charge in [-0.25, -0.2) is 0 Å². The summed E-state index contributed by atoms with van der Waals surface area (Å²) in [5.74, 6) is 3.46. The Morgan fingerprint density at radius 2 is 2.19 bits per heavy atom. The number of rotatable bonds is 0. The van der Waals surface area contributed by atoms with E-state index >= 15 is 0 Å². The molecule has 2 nitrogen and oxygen atoms in total. The van der Waals surface area contributed by atoms with Crippen molar-refractivity contribution in [1.29, 1.82) is 0 Å². The maximum atomic E-state index is 5.95. The zero-order valence-corrected chi connectivity index (χ0v) is 9.18. The zero-order chi connectivity index (χ0) is 10.7. The van der Waals surface area contributed by atoms with Gasteiger partial charge < -0.3 is 9.64 Å². The van der Waals surface area contributed by atoms with Gasteiger partial charge in [0.25, 0.3) is 0 Å². The number of allylic oxidation sites excluding steroid dienone is 3. The zero-order valence-electron chi connectivity index (χ0n) is 9.18. The van der Waals surface area contributed by atoms with Crippen molar-refractivity contribution in [1.82, 2.24) is 0 Å². The second-order valence-electron chi connectivity index (χ2n) is 4.74. The number of anilines is 1. The molecule has 16 heavy (non-hydrogen) atoms. The molecule has 0 amide bonds. The molecule has 0 N–H and O–H groups in total. The SMILES string of the molecule is CN1C2=C(C=CC3CC23)Oc2ccccc21. The molecule has 1 saturated carbocycles. The molecule has 1 fully saturated rings. The molecule has 2 heteroatoms. The smallest absolute Gasteiger partial charge is 0.151 e.